The van der Waals surface area contributed by atoms with Gasteiger partial charge in [0.05, 0.1) is 6.10 Å². The van der Waals surface area contributed by atoms with Crippen molar-refractivity contribution >= 4 is 0 Å². The molecule has 0 aliphatic heterocycles. The highest BCUT2D eigenvalue weighted by Crippen LogP contribution is 2.13. The molecular formula is C16H36N2O. The Labute approximate surface area is 120 Å². The summed E-state index contributed by atoms with van der Waals surface area (Å²) in [5.41, 5.74) is 2.94. The van der Waals surface area contributed by atoms with E-state index in [0.717, 1.165) is 12.8 Å². The van der Waals surface area contributed by atoms with Gasteiger partial charge in [-0.15, -0.1) is 0 Å². The predicted molar refractivity (Wildman–Crippen MR) is 84.0 cm³/mol. The molecule has 0 spiro atoms. The van der Waals surface area contributed by atoms with Crippen molar-refractivity contribution in [3.63, 3.8) is 0 Å². The average Bonchev–Trinajstić information content (AvgIpc) is 2.44. The van der Waals surface area contributed by atoms with E-state index in [1.54, 1.807) is 7.11 Å². The zero-order chi connectivity index (χ0) is 14.3. The van der Waals surface area contributed by atoms with Gasteiger partial charge in [0.1, 0.15) is 0 Å². The van der Waals surface area contributed by atoms with E-state index in [1.165, 1.54) is 57.8 Å². The van der Waals surface area contributed by atoms with Crippen LogP contribution in [-0.4, -0.2) is 19.3 Å². The van der Waals surface area contributed by atoms with Crippen LogP contribution in [0.25, 0.3) is 0 Å². The number of rotatable bonds is 14. The number of hydrogen-bond donors (Lipinski definition) is 2. The maximum atomic E-state index is 5.61. The lowest BCUT2D eigenvalue weighted by atomic mass is 10.0. The maximum Gasteiger partial charge on any atom is 0.0543 e. The third-order valence-electron chi connectivity index (χ3n) is 3.97. The van der Waals surface area contributed by atoms with E-state index in [4.69, 9.17) is 10.6 Å². The molecular weight excluding hydrogens is 236 g/mol. The van der Waals surface area contributed by atoms with E-state index in [0.29, 0.717) is 12.1 Å². The van der Waals surface area contributed by atoms with Gasteiger partial charge in [0, 0.05) is 13.2 Å². The number of ether oxygens (including phenoxy) is 1. The van der Waals surface area contributed by atoms with Gasteiger partial charge >= 0.3 is 0 Å². The second kappa shape index (κ2) is 14.3. The molecule has 0 heterocycles. The van der Waals surface area contributed by atoms with Crippen molar-refractivity contribution in [3.8, 4) is 0 Å². The van der Waals surface area contributed by atoms with Crippen molar-refractivity contribution in [2.45, 2.75) is 96.6 Å². The molecule has 0 fully saturated rings. The predicted octanol–water partition coefficient (Wildman–Crippen LogP) is 4.16. The minimum Gasteiger partial charge on any atom is -0.382 e. The summed E-state index contributed by atoms with van der Waals surface area (Å²) >= 11 is 0. The first kappa shape index (κ1) is 18.9. The number of hydrazine groups is 1. The summed E-state index contributed by atoms with van der Waals surface area (Å²) in [5, 5.41) is 0. The van der Waals surface area contributed by atoms with Crippen LogP contribution < -0.4 is 11.3 Å². The Kier molecular flexibility index (Phi) is 14.2. The third-order valence-corrected chi connectivity index (χ3v) is 3.97. The quantitative estimate of drug-likeness (QED) is 0.283. The number of nitrogens with two attached hydrogens (primary N) is 1. The van der Waals surface area contributed by atoms with Crippen LogP contribution in [0.4, 0.5) is 0 Å². The highest BCUT2D eigenvalue weighted by molar-refractivity contribution is 4.66. The summed E-state index contributed by atoms with van der Waals surface area (Å²) in [7, 11) is 1.77. The monoisotopic (exact) mass is 272 g/mol. The van der Waals surface area contributed by atoms with Gasteiger partial charge in [0.2, 0.25) is 0 Å². The smallest absolute Gasteiger partial charge is 0.0543 e. The fourth-order valence-electron chi connectivity index (χ4n) is 2.39. The molecule has 0 amide bonds. The molecule has 3 N–H and O–H groups in total. The Hall–Kier alpha value is -0.120. The largest absolute Gasteiger partial charge is 0.382 e. The molecule has 2 atom stereocenters. The van der Waals surface area contributed by atoms with E-state index in [9.17, 15) is 0 Å². The summed E-state index contributed by atoms with van der Waals surface area (Å²) in [6.07, 6.45) is 14.7. The van der Waals surface area contributed by atoms with Crippen molar-refractivity contribution in [1.82, 2.24) is 5.43 Å². The SMILES string of the molecule is CCCCCCCCCCC(CCC(C)OC)NN. The minimum absolute atomic E-state index is 0.342. The van der Waals surface area contributed by atoms with Crippen LogP contribution in [0.1, 0.15) is 84.5 Å². The van der Waals surface area contributed by atoms with Gasteiger partial charge in [-0.1, -0.05) is 58.3 Å². The third kappa shape index (κ3) is 12.6. The standard InChI is InChI=1S/C16H36N2O/c1-4-5-6-7-8-9-10-11-12-16(18-17)14-13-15(2)19-3/h15-16,18H,4-14,17H2,1-3H3. The summed E-state index contributed by atoms with van der Waals surface area (Å²) < 4.78 is 5.27. The van der Waals surface area contributed by atoms with Crippen LogP contribution in [0.2, 0.25) is 0 Å². The molecule has 0 saturated heterocycles. The summed E-state index contributed by atoms with van der Waals surface area (Å²) in [4.78, 5) is 0. The Morgan fingerprint density at radius 2 is 1.47 bits per heavy atom. The maximum absolute atomic E-state index is 5.61. The second-order valence-corrected chi connectivity index (χ2v) is 5.75. The number of unbranched alkanes of at least 4 members (excludes halogenated alkanes) is 7. The van der Waals surface area contributed by atoms with Crippen LogP contribution in [0.3, 0.4) is 0 Å². The summed E-state index contributed by atoms with van der Waals surface area (Å²) in [6.45, 7) is 4.38. The lowest BCUT2D eigenvalue weighted by Crippen LogP contribution is -2.35. The van der Waals surface area contributed by atoms with E-state index < -0.39 is 0 Å². The molecule has 19 heavy (non-hydrogen) atoms. The zero-order valence-electron chi connectivity index (χ0n) is 13.4. The molecule has 0 aromatic rings. The highest BCUT2D eigenvalue weighted by Gasteiger charge is 2.08. The first-order chi connectivity index (χ1) is 9.24. The van der Waals surface area contributed by atoms with E-state index >= 15 is 0 Å². The lowest BCUT2D eigenvalue weighted by Gasteiger charge is -2.17. The Morgan fingerprint density at radius 1 is 0.895 bits per heavy atom. The molecule has 0 aliphatic rings. The molecule has 3 nitrogen and oxygen atoms in total. The molecule has 0 saturated carbocycles. The van der Waals surface area contributed by atoms with E-state index in [1.807, 2.05) is 0 Å². The molecule has 3 heteroatoms. The Balaban J connectivity index is 3.36. The van der Waals surface area contributed by atoms with Crippen molar-refractivity contribution < 1.29 is 4.74 Å². The number of methoxy groups -OCH3 is 1. The van der Waals surface area contributed by atoms with E-state index in [-0.39, 0.29) is 0 Å². The zero-order valence-corrected chi connectivity index (χ0v) is 13.4. The lowest BCUT2D eigenvalue weighted by molar-refractivity contribution is 0.105. The van der Waals surface area contributed by atoms with Crippen LogP contribution in [0.5, 0.6) is 0 Å². The summed E-state index contributed by atoms with van der Waals surface area (Å²) in [5.74, 6) is 5.61. The van der Waals surface area contributed by atoms with Gasteiger partial charge in [-0.25, -0.2) is 0 Å². The van der Waals surface area contributed by atoms with Crippen molar-refractivity contribution in [2.75, 3.05) is 7.11 Å². The molecule has 0 bridgehead atoms. The molecule has 2 unspecified atom stereocenters. The second-order valence-electron chi connectivity index (χ2n) is 5.75. The average molecular weight is 272 g/mol. The van der Waals surface area contributed by atoms with Crippen molar-refractivity contribution in [3.05, 3.63) is 0 Å². The van der Waals surface area contributed by atoms with Crippen LogP contribution >= 0.6 is 0 Å². The van der Waals surface area contributed by atoms with Crippen LogP contribution in [0, 0.1) is 0 Å². The van der Waals surface area contributed by atoms with Gasteiger partial charge in [-0.05, 0) is 26.2 Å². The fraction of sp³-hybridized carbons (Fsp3) is 1.00. The van der Waals surface area contributed by atoms with Gasteiger partial charge in [0.15, 0.2) is 0 Å². The topological polar surface area (TPSA) is 47.3 Å². The van der Waals surface area contributed by atoms with Crippen LogP contribution in [0.15, 0.2) is 0 Å². The van der Waals surface area contributed by atoms with Crippen molar-refractivity contribution in [2.24, 2.45) is 5.84 Å². The minimum atomic E-state index is 0.342. The van der Waals surface area contributed by atoms with Gasteiger partial charge < -0.3 is 4.74 Å². The fourth-order valence-corrected chi connectivity index (χ4v) is 2.39. The van der Waals surface area contributed by atoms with Gasteiger partial charge in [0.25, 0.3) is 0 Å². The summed E-state index contributed by atoms with van der Waals surface area (Å²) in [6, 6.07) is 0.456. The van der Waals surface area contributed by atoms with Gasteiger partial charge in [-0.2, -0.15) is 0 Å². The van der Waals surface area contributed by atoms with Crippen molar-refractivity contribution in [1.29, 1.82) is 0 Å². The number of nitrogens with one attached hydrogen (secondary N) is 1. The number of hydrogen-bond acceptors (Lipinski definition) is 3. The Morgan fingerprint density at radius 3 is 2.00 bits per heavy atom. The Bertz CT molecular complexity index is 176. The highest BCUT2D eigenvalue weighted by atomic mass is 16.5. The molecule has 116 valence electrons. The van der Waals surface area contributed by atoms with Crippen LogP contribution in [-0.2, 0) is 4.74 Å². The first-order valence-electron chi connectivity index (χ1n) is 8.23. The first-order valence-corrected chi connectivity index (χ1v) is 8.23. The normalized spacial score (nSPS) is 14.5. The molecule has 0 aliphatic carbocycles. The van der Waals surface area contributed by atoms with E-state index in [2.05, 4.69) is 19.3 Å². The molecule has 0 rings (SSSR count). The molecule has 0 radical (unpaired) electrons. The molecule has 0 aromatic carbocycles. The molecule has 0 aromatic heterocycles. The van der Waals surface area contributed by atoms with Gasteiger partial charge in [-0.3, -0.25) is 11.3 Å².